The molecule has 0 saturated heterocycles. The Morgan fingerprint density at radius 2 is 1.86 bits per heavy atom. The van der Waals surface area contributed by atoms with E-state index < -0.39 is 0 Å². The number of hydrogen-bond donors (Lipinski definition) is 1. The minimum Gasteiger partial charge on any atom is -0.467 e. The SMILES string of the molecule is CC1CCC(CNCc2cc(F)cc3c2OCOC3)CC1.Cc1nc(N(C)C)c2ccccc2n1. The lowest BCUT2D eigenvalue weighted by Crippen LogP contribution is -2.26. The lowest BCUT2D eigenvalue weighted by Gasteiger charge is -2.26. The molecular weight excluding hydrogens is 443 g/mol. The van der Waals surface area contributed by atoms with Gasteiger partial charge in [-0.05, 0) is 62.4 Å². The molecule has 3 aromatic rings. The fourth-order valence-corrected chi connectivity index (χ4v) is 4.85. The van der Waals surface area contributed by atoms with Crippen molar-refractivity contribution in [1.29, 1.82) is 0 Å². The van der Waals surface area contributed by atoms with E-state index in [-0.39, 0.29) is 12.6 Å². The molecule has 1 fully saturated rings. The Hall–Kier alpha value is -2.77. The topological polar surface area (TPSA) is 59.5 Å². The summed E-state index contributed by atoms with van der Waals surface area (Å²) in [5.74, 6) is 4.01. The molecule has 1 aromatic heterocycles. The van der Waals surface area contributed by atoms with Gasteiger partial charge in [0.05, 0.1) is 12.1 Å². The summed E-state index contributed by atoms with van der Waals surface area (Å²) in [5.41, 5.74) is 2.71. The van der Waals surface area contributed by atoms with E-state index in [0.717, 1.165) is 57.8 Å². The van der Waals surface area contributed by atoms with Crippen molar-refractivity contribution in [2.24, 2.45) is 11.8 Å². The number of aromatic nitrogens is 2. The van der Waals surface area contributed by atoms with Gasteiger partial charge >= 0.3 is 0 Å². The van der Waals surface area contributed by atoms with Crippen molar-refractivity contribution in [3.63, 3.8) is 0 Å². The van der Waals surface area contributed by atoms with Crippen LogP contribution < -0.4 is 15.0 Å². The normalized spacial score (nSPS) is 19.3. The maximum Gasteiger partial charge on any atom is 0.189 e. The zero-order valence-electron chi connectivity index (χ0n) is 21.3. The highest BCUT2D eigenvalue weighted by Gasteiger charge is 2.19. The van der Waals surface area contributed by atoms with E-state index in [2.05, 4.69) is 22.2 Å². The van der Waals surface area contributed by atoms with Crippen LogP contribution in [-0.2, 0) is 17.9 Å². The lowest BCUT2D eigenvalue weighted by molar-refractivity contribution is -0.0173. The smallest absolute Gasteiger partial charge is 0.189 e. The number of aryl methyl sites for hydroxylation is 1. The van der Waals surface area contributed by atoms with Gasteiger partial charge in [0.1, 0.15) is 23.2 Å². The number of nitrogens with zero attached hydrogens (tertiary/aromatic N) is 3. The lowest BCUT2D eigenvalue weighted by atomic mass is 9.83. The van der Waals surface area contributed by atoms with Crippen molar-refractivity contribution in [2.45, 2.75) is 52.7 Å². The highest BCUT2D eigenvalue weighted by atomic mass is 19.1. The first-order valence-electron chi connectivity index (χ1n) is 12.5. The predicted octanol–water partition coefficient (Wildman–Crippen LogP) is 5.61. The number of halogens is 1. The van der Waals surface area contributed by atoms with Crippen LogP contribution in [0.1, 0.15) is 49.6 Å². The molecule has 1 aliphatic carbocycles. The number of nitrogens with one attached hydrogen (secondary N) is 1. The molecule has 2 aromatic carbocycles. The number of ether oxygens (including phenoxy) is 2. The second-order valence-electron chi connectivity index (χ2n) is 9.93. The first-order chi connectivity index (χ1) is 16.9. The molecule has 7 heteroatoms. The van der Waals surface area contributed by atoms with Gasteiger partial charge in [-0.1, -0.05) is 31.9 Å². The Labute approximate surface area is 207 Å². The molecule has 0 radical (unpaired) electrons. The summed E-state index contributed by atoms with van der Waals surface area (Å²) < 4.78 is 24.4. The number of hydrogen-bond acceptors (Lipinski definition) is 6. The molecule has 2 aliphatic rings. The zero-order chi connectivity index (χ0) is 24.8. The molecule has 0 unspecified atom stereocenters. The summed E-state index contributed by atoms with van der Waals surface area (Å²) in [6.07, 6.45) is 5.28. The number of para-hydroxylation sites is 1. The van der Waals surface area contributed by atoms with E-state index in [9.17, 15) is 4.39 Å². The van der Waals surface area contributed by atoms with E-state index in [1.54, 1.807) is 6.07 Å². The quantitative estimate of drug-likeness (QED) is 0.512. The van der Waals surface area contributed by atoms with Crippen LogP contribution in [0.3, 0.4) is 0 Å². The van der Waals surface area contributed by atoms with Gasteiger partial charge in [0.2, 0.25) is 0 Å². The van der Waals surface area contributed by atoms with Crippen LogP contribution in [0.25, 0.3) is 10.9 Å². The van der Waals surface area contributed by atoms with Crippen molar-refractivity contribution in [1.82, 2.24) is 15.3 Å². The molecule has 188 valence electrons. The van der Waals surface area contributed by atoms with Gasteiger partial charge in [-0.3, -0.25) is 0 Å². The van der Waals surface area contributed by atoms with Gasteiger partial charge < -0.3 is 19.7 Å². The molecule has 0 atom stereocenters. The molecule has 0 bridgehead atoms. The number of benzene rings is 2. The first kappa shape index (κ1) is 25.3. The average molecular weight is 481 g/mol. The molecule has 0 amide bonds. The van der Waals surface area contributed by atoms with E-state index >= 15 is 0 Å². The Morgan fingerprint density at radius 1 is 1.09 bits per heavy atom. The number of rotatable bonds is 5. The van der Waals surface area contributed by atoms with Crippen molar-refractivity contribution in [2.75, 3.05) is 32.3 Å². The van der Waals surface area contributed by atoms with E-state index in [4.69, 9.17) is 9.47 Å². The highest BCUT2D eigenvalue weighted by molar-refractivity contribution is 5.89. The fourth-order valence-electron chi connectivity index (χ4n) is 4.85. The van der Waals surface area contributed by atoms with Crippen molar-refractivity contribution in [3.05, 3.63) is 59.2 Å². The second-order valence-corrected chi connectivity index (χ2v) is 9.93. The summed E-state index contributed by atoms with van der Waals surface area (Å²) in [6, 6.07) is 11.1. The van der Waals surface area contributed by atoms with Crippen LogP contribution in [0.15, 0.2) is 36.4 Å². The van der Waals surface area contributed by atoms with Crippen LogP contribution in [0.4, 0.5) is 10.2 Å². The van der Waals surface area contributed by atoms with Gasteiger partial charge in [0, 0.05) is 37.2 Å². The maximum atomic E-state index is 13.6. The van der Waals surface area contributed by atoms with Crippen LogP contribution in [-0.4, -0.2) is 37.4 Å². The molecule has 1 aliphatic heterocycles. The Kier molecular flexibility index (Phi) is 8.52. The van der Waals surface area contributed by atoms with E-state index in [1.165, 1.54) is 31.7 Å². The highest BCUT2D eigenvalue weighted by Crippen LogP contribution is 2.30. The maximum absolute atomic E-state index is 13.6. The largest absolute Gasteiger partial charge is 0.467 e. The van der Waals surface area contributed by atoms with Crippen LogP contribution in [0.2, 0.25) is 0 Å². The monoisotopic (exact) mass is 480 g/mol. The third-order valence-corrected chi connectivity index (χ3v) is 6.75. The van der Waals surface area contributed by atoms with Gasteiger partial charge in [0.25, 0.3) is 0 Å². The van der Waals surface area contributed by atoms with Crippen LogP contribution in [0.5, 0.6) is 5.75 Å². The number of anilines is 1. The van der Waals surface area contributed by atoms with Gasteiger partial charge in [-0.25, -0.2) is 14.4 Å². The van der Waals surface area contributed by atoms with Crippen LogP contribution in [0, 0.1) is 24.6 Å². The summed E-state index contributed by atoms with van der Waals surface area (Å²) in [7, 11) is 3.99. The minimum absolute atomic E-state index is 0.217. The van der Waals surface area contributed by atoms with Gasteiger partial charge in [-0.15, -0.1) is 0 Å². The fraction of sp³-hybridized carbons (Fsp3) is 0.500. The summed E-state index contributed by atoms with van der Waals surface area (Å²) in [6.45, 7) is 6.61. The summed E-state index contributed by atoms with van der Waals surface area (Å²) in [5, 5.41) is 4.58. The van der Waals surface area contributed by atoms with Gasteiger partial charge in [0.15, 0.2) is 6.79 Å². The minimum atomic E-state index is -0.217. The summed E-state index contributed by atoms with van der Waals surface area (Å²) in [4.78, 5) is 10.8. The molecule has 35 heavy (non-hydrogen) atoms. The zero-order valence-corrected chi connectivity index (χ0v) is 21.3. The molecule has 5 rings (SSSR count). The molecular formula is C28H37FN4O2. The Bertz CT molecular complexity index is 1130. The Balaban J connectivity index is 0.000000179. The standard InChI is InChI=1S/C17H24FNO2.C11H13N3/c1-12-2-4-13(5-3-12)8-19-9-14-6-16(18)7-15-10-20-11-21-17(14)15;1-8-12-10-7-5-4-6-9(10)11(13-8)14(2)3/h6-7,12-13,19H,2-5,8-11H2,1H3;4-7H,1-3H3. The second kappa shape index (κ2) is 11.8. The average Bonchev–Trinajstić information content (AvgIpc) is 2.85. The van der Waals surface area contributed by atoms with Gasteiger partial charge in [-0.2, -0.15) is 0 Å². The molecule has 1 saturated carbocycles. The predicted molar refractivity (Wildman–Crippen MR) is 138 cm³/mol. The van der Waals surface area contributed by atoms with E-state index in [1.807, 2.05) is 50.2 Å². The number of fused-ring (bicyclic) bond motifs is 2. The molecule has 1 N–H and O–H groups in total. The Morgan fingerprint density at radius 3 is 2.63 bits per heavy atom. The molecule has 2 heterocycles. The van der Waals surface area contributed by atoms with E-state index in [0.29, 0.717) is 13.2 Å². The van der Waals surface area contributed by atoms with Crippen molar-refractivity contribution >= 4 is 16.7 Å². The first-order valence-corrected chi connectivity index (χ1v) is 12.5. The third-order valence-electron chi connectivity index (χ3n) is 6.75. The van der Waals surface area contributed by atoms with Crippen molar-refractivity contribution in [3.8, 4) is 5.75 Å². The van der Waals surface area contributed by atoms with Crippen molar-refractivity contribution < 1.29 is 13.9 Å². The summed E-state index contributed by atoms with van der Waals surface area (Å²) >= 11 is 0. The third kappa shape index (κ3) is 6.67. The molecule has 0 spiro atoms. The van der Waals surface area contributed by atoms with Crippen LogP contribution >= 0.6 is 0 Å². The molecule has 6 nitrogen and oxygen atoms in total.